The molecule has 1 saturated heterocycles. The predicted molar refractivity (Wildman–Crippen MR) is 122 cm³/mol. The van der Waals surface area contributed by atoms with E-state index in [-0.39, 0.29) is 31.0 Å². The van der Waals surface area contributed by atoms with E-state index in [2.05, 4.69) is 9.80 Å². The van der Waals surface area contributed by atoms with E-state index >= 15 is 0 Å². The Hall–Kier alpha value is -1.50. The maximum Gasteiger partial charge on any atom is 0.333 e. The lowest BCUT2D eigenvalue weighted by Gasteiger charge is -2.39. The third-order valence-electron chi connectivity index (χ3n) is 4.92. The molecule has 1 fully saturated rings. The monoisotopic (exact) mass is 460 g/mol. The molecule has 2 unspecified atom stereocenters. The fraction of sp³-hybridized carbons (Fsp3) is 0.381. The molecule has 2 aromatic carbocycles. The van der Waals surface area contributed by atoms with Crippen molar-refractivity contribution in [2.75, 3.05) is 31.1 Å². The topological polar surface area (TPSA) is 53.0 Å². The lowest BCUT2D eigenvalue weighted by Crippen LogP contribution is -2.51. The summed E-state index contributed by atoms with van der Waals surface area (Å²) in [7, 11) is 0. The fourth-order valence-electron chi connectivity index (χ4n) is 3.34. The second-order valence-corrected chi connectivity index (χ2v) is 7.19. The Balaban J connectivity index is 0.00000210. The molecule has 1 aliphatic heterocycles. The van der Waals surface area contributed by atoms with E-state index in [1.54, 1.807) is 0 Å². The number of piperazine rings is 1. The molecule has 0 saturated carbocycles. The Morgan fingerprint density at radius 1 is 1.03 bits per heavy atom. The van der Waals surface area contributed by atoms with Gasteiger partial charge >= 0.3 is 5.97 Å². The lowest BCUT2D eigenvalue weighted by atomic mass is 10.1. The standard InChI is InChI=1S/C21H25ClN2O3.2ClH/c1-16(27-20(21(25)26)15-17-5-3-2-4-6-17)23-11-13-24(14-12-23)19-9-7-18(22)8-10-19;;/h2-10,16,20H,11-15H2,1H3,(H,25,26);2*1H. The van der Waals surface area contributed by atoms with Gasteiger partial charge < -0.3 is 14.7 Å². The van der Waals surface area contributed by atoms with E-state index in [0.29, 0.717) is 6.42 Å². The molecule has 0 amide bonds. The number of halogens is 3. The molecule has 1 heterocycles. The smallest absolute Gasteiger partial charge is 0.333 e. The van der Waals surface area contributed by atoms with Crippen LogP contribution in [0.4, 0.5) is 5.69 Å². The molecule has 0 bridgehead atoms. The maximum absolute atomic E-state index is 11.6. The second-order valence-electron chi connectivity index (χ2n) is 6.75. The van der Waals surface area contributed by atoms with Crippen molar-refractivity contribution in [1.29, 1.82) is 0 Å². The quantitative estimate of drug-likeness (QED) is 0.664. The number of rotatable bonds is 7. The molecule has 29 heavy (non-hydrogen) atoms. The summed E-state index contributed by atoms with van der Waals surface area (Å²) in [5.74, 6) is -0.925. The molecule has 5 nitrogen and oxygen atoms in total. The Kier molecular flexibility index (Phi) is 10.8. The first kappa shape index (κ1) is 25.5. The average molecular weight is 462 g/mol. The van der Waals surface area contributed by atoms with Crippen molar-refractivity contribution in [3.05, 3.63) is 65.2 Å². The number of carboxylic acid groups (broad SMARTS) is 1. The van der Waals surface area contributed by atoms with Crippen LogP contribution in [0.25, 0.3) is 0 Å². The van der Waals surface area contributed by atoms with Gasteiger partial charge in [-0.2, -0.15) is 0 Å². The number of ether oxygens (including phenoxy) is 1. The molecule has 0 spiro atoms. The van der Waals surface area contributed by atoms with Gasteiger partial charge in [0.15, 0.2) is 6.10 Å². The van der Waals surface area contributed by atoms with Crippen LogP contribution >= 0.6 is 36.4 Å². The Bertz CT molecular complexity index is 739. The summed E-state index contributed by atoms with van der Waals surface area (Å²) in [6.07, 6.45) is -0.732. The van der Waals surface area contributed by atoms with Crippen LogP contribution in [0.5, 0.6) is 0 Å². The van der Waals surface area contributed by atoms with Gasteiger partial charge in [-0.1, -0.05) is 41.9 Å². The first-order chi connectivity index (χ1) is 13.0. The highest BCUT2D eigenvalue weighted by Crippen LogP contribution is 2.20. The molecule has 3 rings (SSSR count). The van der Waals surface area contributed by atoms with E-state index in [0.717, 1.165) is 42.5 Å². The number of benzene rings is 2. The summed E-state index contributed by atoms with van der Waals surface area (Å²) in [5, 5.41) is 10.3. The molecule has 2 atom stereocenters. The van der Waals surface area contributed by atoms with Crippen molar-refractivity contribution < 1.29 is 14.6 Å². The Morgan fingerprint density at radius 2 is 1.62 bits per heavy atom. The van der Waals surface area contributed by atoms with Crippen LogP contribution in [-0.4, -0.2) is 54.5 Å². The lowest BCUT2D eigenvalue weighted by molar-refractivity contribution is -0.162. The number of anilines is 1. The van der Waals surface area contributed by atoms with Crippen LogP contribution in [0.3, 0.4) is 0 Å². The minimum Gasteiger partial charge on any atom is -0.479 e. The summed E-state index contributed by atoms with van der Waals surface area (Å²) < 4.78 is 5.90. The predicted octanol–water partition coefficient (Wildman–Crippen LogP) is 4.36. The van der Waals surface area contributed by atoms with Crippen molar-refractivity contribution in [3.63, 3.8) is 0 Å². The number of nitrogens with zero attached hydrogens (tertiary/aromatic N) is 2. The van der Waals surface area contributed by atoms with E-state index in [1.165, 1.54) is 0 Å². The van der Waals surface area contributed by atoms with Crippen molar-refractivity contribution in [1.82, 2.24) is 4.90 Å². The van der Waals surface area contributed by atoms with Crippen LogP contribution in [0, 0.1) is 0 Å². The summed E-state index contributed by atoms with van der Waals surface area (Å²) in [5.41, 5.74) is 2.12. The normalized spacial score (nSPS) is 16.3. The number of carboxylic acids is 1. The molecule has 1 N–H and O–H groups in total. The van der Waals surface area contributed by atoms with Crippen molar-refractivity contribution >= 4 is 48.1 Å². The van der Waals surface area contributed by atoms with E-state index in [9.17, 15) is 9.90 Å². The summed E-state index contributed by atoms with van der Waals surface area (Å²) >= 11 is 5.96. The minimum absolute atomic E-state index is 0. The zero-order valence-corrected chi connectivity index (χ0v) is 18.6. The zero-order chi connectivity index (χ0) is 19.2. The summed E-state index contributed by atoms with van der Waals surface area (Å²) in [6.45, 7) is 5.30. The highest BCUT2D eigenvalue weighted by atomic mass is 35.5. The molecule has 8 heteroatoms. The van der Waals surface area contributed by atoms with Crippen LogP contribution in [-0.2, 0) is 16.0 Å². The summed E-state index contributed by atoms with van der Waals surface area (Å²) in [6, 6.07) is 17.4. The van der Waals surface area contributed by atoms with Crippen LogP contribution in [0.15, 0.2) is 54.6 Å². The molecule has 0 aromatic heterocycles. The van der Waals surface area contributed by atoms with Gasteiger partial charge in [0.2, 0.25) is 0 Å². The molecule has 2 aromatic rings. The zero-order valence-electron chi connectivity index (χ0n) is 16.2. The van der Waals surface area contributed by atoms with Crippen molar-refractivity contribution in [2.24, 2.45) is 0 Å². The van der Waals surface area contributed by atoms with Crippen LogP contribution < -0.4 is 4.90 Å². The average Bonchev–Trinajstić information content (AvgIpc) is 2.69. The SMILES string of the molecule is CC(OC(Cc1ccccc1)C(=O)O)N1CCN(c2ccc(Cl)cc2)CC1.Cl.Cl. The highest BCUT2D eigenvalue weighted by molar-refractivity contribution is 6.30. The second kappa shape index (κ2) is 12.3. The largest absolute Gasteiger partial charge is 0.479 e. The molecule has 160 valence electrons. The van der Waals surface area contributed by atoms with E-state index < -0.39 is 12.1 Å². The molecule has 0 radical (unpaired) electrons. The fourth-order valence-corrected chi connectivity index (χ4v) is 3.47. The van der Waals surface area contributed by atoms with Crippen LogP contribution in [0.2, 0.25) is 5.02 Å². The molecular weight excluding hydrogens is 435 g/mol. The third kappa shape index (κ3) is 7.36. The van der Waals surface area contributed by atoms with E-state index in [1.807, 2.05) is 61.5 Å². The van der Waals surface area contributed by atoms with Gasteiger partial charge in [0.05, 0.1) is 0 Å². The number of hydrogen-bond donors (Lipinski definition) is 1. The number of aliphatic carboxylic acids is 1. The van der Waals surface area contributed by atoms with E-state index in [4.69, 9.17) is 16.3 Å². The molecule has 1 aliphatic rings. The van der Waals surface area contributed by atoms with Gasteiger partial charge in [-0.05, 0) is 36.8 Å². The van der Waals surface area contributed by atoms with Gasteiger partial charge in [-0.25, -0.2) is 4.79 Å². The highest BCUT2D eigenvalue weighted by Gasteiger charge is 2.27. The van der Waals surface area contributed by atoms with Gasteiger partial charge in [0, 0.05) is 43.3 Å². The summed E-state index contributed by atoms with van der Waals surface area (Å²) in [4.78, 5) is 16.1. The van der Waals surface area contributed by atoms with Crippen LogP contribution in [0.1, 0.15) is 12.5 Å². The van der Waals surface area contributed by atoms with Crippen molar-refractivity contribution in [3.8, 4) is 0 Å². The van der Waals surface area contributed by atoms with Gasteiger partial charge in [0.25, 0.3) is 0 Å². The number of hydrogen-bond acceptors (Lipinski definition) is 4. The minimum atomic E-state index is -0.925. The van der Waals surface area contributed by atoms with Gasteiger partial charge in [-0.15, -0.1) is 24.8 Å². The first-order valence-electron chi connectivity index (χ1n) is 9.19. The molecule has 0 aliphatic carbocycles. The first-order valence-corrected chi connectivity index (χ1v) is 9.57. The number of carbonyl (C=O) groups is 1. The molecular formula is C21H27Cl3N2O3. The van der Waals surface area contributed by atoms with Gasteiger partial charge in [-0.3, -0.25) is 4.90 Å². The Morgan fingerprint density at radius 3 is 2.17 bits per heavy atom. The third-order valence-corrected chi connectivity index (χ3v) is 5.17. The van der Waals surface area contributed by atoms with Gasteiger partial charge in [0.1, 0.15) is 6.23 Å². The maximum atomic E-state index is 11.6. The van der Waals surface area contributed by atoms with Crippen molar-refractivity contribution in [2.45, 2.75) is 25.7 Å². The Labute approximate surface area is 189 Å².